The second-order valence-electron chi connectivity index (χ2n) is 4.46. The van der Waals surface area contributed by atoms with Crippen molar-refractivity contribution in [2.45, 2.75) is 13.5 Å². The number of benzene rings is 1. The number of carbonyl (C=O) groups excluding carboxylic acids is 2. The molecule has 5 nitrogen and oxygen atoms in total. The second-order valence-corrected chi connectivity index (χ2v) is 4.87. The highest BCUT2D eigenvalue weighted by Crippen LogP contribution is 2.21. The lowest BCUT2D eigenvalue weighted by molar-refractivity contribution is -0.156. The molecule has 2 rings (SSSR count). The summed E-state index contributed by atoms with van der Waals surface area (Å²) < 4.78 is 0. The van der Waals surface area contributed by atoms with Crippen LogP contribution in [0.5, 0.6) is 0 Å². The Morgan fingerprint density at radius 3 is 2.47 bits per heavy atom. The van der Waals surface area contributed by atoms with E-state index in [0.29, 0.717) is 36.9 Å². The van der Waals surface area contributed by atoms with Gasteiger partial charge in [-0.25, -0.2) is 0 Å². The highest BCUT2D eigenvalue weighted by Gasteiger charge is 2.31. The van der Waals surface area contributed by atoms with Crippen molar-refractivity contribution in [3.8, 4) is 0 Å². The fraction of sp³-hybridized carbons (Fsp3) is 0.385. The maximum Gasteiger partial charge on any atom is 0.312 e. The van der Waals surface area contributed by atoms with Crippen LogP contribution in [-0.2, 0) is 16.1 Å². The zero-order valence-corrected chi connectivity index (χ0v) is 11.5. The Labute approximate surface area is 116 Å². The number of hydrogen-bond acceptors (Lipinski definition) is 3. The third-order valence-corrected chi connectivity index (χ3v) is 3.57. The third kappa shape index (κ3) is 2.81. The molecule has 0 saturated carbocycles. The topological polar surface area (TPSA) is 66.6 Å². The van der Waals surface area contributed by atoms with Crippen LogP contribution >= 0.6 is 11.6 Å². The predicted molar refractivity (Wildman–Crippen MR) is 73.5 cm³/mol. The number of anilines is 1. The Kier molecular flexibility index (Phi) is 3.95. The van der Waals surface area contributed by atoms with E-state index >= 15 is 0 Å². The molecule has 0 radical (unpaired) electrons. The van der Waals surface area contributed by atoms with Crippen molar-refractivity contribution in [2.24, 2.45) is 0 Å². The van der Waals surface area contributed by atoms with Gasteiger partial charge in [-0.15, -0.1) is 0 Å². The average molecular weight is 282 g/mol. The Bertz CT molecular complexity index is 519. The summed E-state index contributed by atoms with van der Waals surface area (Å²) in [6.45, 7) is 3.84. The minimum atomic E-state index is -0.471. The fourth-order valence-electron chi connectivity index (χ4n) is 2.07. The molecule has 1 fully saturated rings. The van der Waals surface area contributed by atoms with E-state index in [0.717, 1.165) is 5.56 Å². The van der Waals surface area contributed by atoms with E-state index in [9.17, 15) is 9.59 Å². The number of nitrogen functional groups attached to an aromatic ring is 1. The van der Waals surface area contributed by atoms with Gasteiger partial charge in [0.2, 0.25) is 0 Å². The predicted octanol–water partition coefficient (Wildman–Crippen LogP) is 1.11. The summed E-state index contributed by atoms with van der Waals surface area (Å²) in [6.07, 6.45) is 0. The molecule has 6 heteroatoms. The number of halogens is 1. The zero-order chi connectivity index (χ0) is 14.0. The van der Waals surface area contributed by atoms with Crippen LogP contribution in [0, 0.1) is 0 Å². The molecular weight excluding hydrogens is 266 g/mol. The number of piperazine rings is 1. The molecular formula is C13H16ClN3O2. The SMILES string of the molecule is CCN1CCN(Cc2ccc(N)cc2Cl)C(=O)C1=O. The molecule has 0 atom stereocenters. The molecule has 0 spiro atoms. The molecule has 1 aliphatic heterocycles. The first-order valence-corrected chi connectivity index (χ1v) is 6.52. The summed E-state index contributed by atoms with van der Waals surface area (Å²) in [5.41, 5.74) is 6.99. The van der Waals surface area contributed by atoms with Crippen molar-refractivity contribution in [3.63, 3.8) is 0 Å². The van der Waals surface area contributed by atoms with E-state index in [1.165, 1.54) is 4.90 Å². The molecule has 19 heavy (non-hydrogen) atoms. The van der Waals surface area contributed by atoms with E-state index in [1.54, 1.807) is 23.1 Å². The summed E-state index contributed by atoms with van der Waals surface area (Å²) in [7, 11) is 0. The third-order valence-electron chi connectivity index (χ3n) is 3.22. The van der Waals surface area contributed by atoms with E-state index in [1.807, 2.05) is 6.92 Å². The highest BCUT2D eigenvalue weighted by atomic mass is 35.5. The van der Waals surface area contributed by atoms with E-state index in [2.05, 4.69) is 0 Å². The Balaban J connectivity index is 2.12. The zero-order valence-electron chi connectivity index (χ0n) is 10.7. The molecule has 2 N–H and O–H groups in total. The van der Waals surface area contributed by atoms with E-state index in [4.69, 9.17) is 17.3 Å². The number of carbonyl (C=O) groups is 2. The van der Waals surface area contributed by atoms with Crippen LogP contribution in [0.3, 0.4) is 0 Å². The van der Waals surface area contributed by atoms with Gasteiger partial charge in [0.25, 0.3) is 0 Å². The van der Waals surface area contributed by atoms with Crippen molar-refractivity contribution in [3.05, 3.63) is 28.8 Å². The van der Waals surface area contributed by atoms with E-state index < -0.39 is 11.8 Å². The van der Waals surface area contributed by atoms with Crippen LogP contribution in [-0.4, -0.2) is 41.2 Å². The standard InChI is InChI=1S/C13H16ClN3O2/c1-2-16-5-6-17(13(19)12(16)18)8-9-3-4-10(15)7-11(9)14/h3-4,7H,2,5-6,8,15H2,1H3. The molecule has 2 amide bonds. The number of amides is 2. The molecule has 0 unspecified atom stereocenters. The number of nitrogens with two attached hydrogens (primary N) is 1. The normalized spacial score (nSPS) is 16.1. The summed E-state index contributed by atoms with van der Waals surface area (Å²) in [6, 6.07) is 5.16. The molecule has 1 saturated heterocycles. The van der Waals surface area contributed by atoms with E-state index in [-0.39, 0.29) is 0 Å². The van der Waals surface area contributed by atoms with Crippen LogP contribution < -0.4 is 5.73 Å². The molecule has 1 aromatic carbocycles. The van der Waals surface area contributed by atoms with Gasteiger partial charge in [-0.3, -0.25) is 9.59 Å². The Morgan fingerprint density at radius 2 is 1.84 bits per heavy atom. The van der Waals surface area contributed by atoms with Crippen molar-refractivity contribution in [1.82, 2.24) is 9.80 Å². The molecule has 0 aliphatic carbocycles. The molecule has 0 bridgehead atoms. The highest BCUT2D eigenvalue weighted by molar-refractivity contribution is 6.35. The van der Waals surface area contributed by atoms with Gasteiger partial charge in [-0.05, 0) is 24.6 Å². The smallest absolute Gasteiger partial charge is 0.312 e. The second kappa shape index (κ2) is 5.48. The van der Waals surface area contributed by atoms with Gasteiger partial charge >= 0.3 is 11.8 Å². The summed E-state index contributed by atoms with van der Waals surface area (Å²) in [5, 5.41) is 0.512. The van der Waals surface area contributed by atoms with Crippen LogP contribution in [0.15, 0.2) is 18.2 Å². The molecule has 1 heterocycles. The van der Waals surface area contributed by atoms with Crippen LogP contribution in [0.2, 0.25) is 5.02 Å². The number of nitrogens with zero attached hydrogens (tertiary/aromatic N) is 2. The lowest BCUT2D eigenvalue weighted by Crippen LogP contribution is -2.53. The summed E-state index contributed by atoms with van der Waals surface area (Å²) >= 11 is 6.08. The maximum absolute atomic E-state index is 11.9. The lowest BCUT2D eigenvalue weighted by atomic mass is 10.1. The summed E-state index contributed by atoms with van der Waals surface area (Å²) in [5.74, 6) is -0.915. The Hall–Kier alpha value is -1.75. The fourth-order valence-corrected chi connectivity index (χ4v) is 2.31. The molecule has 102 valence electrons. The van der Waals surface area contributed by atoms with Crippen LogP contribution in [0.4, 0.5) is 5.69 Å². The summed E-state index contributed by atoms with van der Waals surface area (Å²) in [4.78, 5) is 26.8. The van der Waals surface area contributed by atoms with Gasteiger partial charge in [-0.2, -0.15) is 0 Å². The first kappa shape index (κ1) is 13.7. The molecule has 0 aromatic heterocycles. The molecule has 1 aromatic rings. The molecule has 1 aliphatic rings. The average Bonchev–Trinajstić information content (AvgIpc) is 2.38. The van der Waals surface area contributed by atoms with Gasteiger partial charge in [0.1, 0.15) is 0 Å². The van der Waals surface area contributed by atoms with Crippen LogP contribution in [0.25, 0.3) is 0 Å². The van der Waals surface area contributed by atoms with Gasteiger partial charge in [0.15, 0.2) is 0 Å². The quantitative estimate of drug-likeness (QED) is 0.667. The number of likely N-dealkylation sites (N-methyl/N-ethyl adjacent to an activating group) is 1. The van der Waals surface area contributed by atoms with Crippen LogP contribution in [0.1, 0.15) is 12.5 Å². The van der Waals surface area contributed by atoms with Crippen molar-refractivity contribution < 1.29 is 9.59 Å². The monoisotopic (exact) mass is 281 g/mol. The van der Waals surface area contributed by atoms with Gasteiger partial charge in [0.05, 0.1) is 0 Å². The number of hydrogen-bond donors (Lipinski definition) is 1. The first-order chi connectivity index (χ1) is 9.02. The largest absolute Gasteiger partial charge is 0.399 e. The van der Waals surface area contributed by atoms with Gasteiger partial charge in [-0.1, -0.05) is 17.7 Å². The van der Waals surface area contributed by atoms with Gasteiger partial charge in [0, 0.05) is 36.9 Å². The van der Waals surface area contributed by atoms with Crippen molar-refractivity contribution in [2.75, 3.05) is 25.4 Å². The first-order valence-electron chi connectivity index (χ1n) is 6.15. The number of rotatable bonds is 3. The minimum Gasteiger partial charge on any atom is -0.399 e. The van der Waals surface area contributed by atoms with Crippen molar-refractivity contribution >= 4 is 29.1 Å². The van der Waals surface area contributed by atoms with Gasteiger partial charge < -0.3 is 15.5 Å². The maximum atomic E-state index is 11.9. The lowest BCUT2D eigenvalue weighted by Gasteiger charge is -2.33. The van der Waals surface area contributed by atoms with Crippen molar-refractivity contribution in [1.29, 1.82) is 0 Å². The minimum absolute atomic E-state index is 0.335. The Morgan fingerprint density at radius 1 is 1.21 bits per heavy atom.